The Balaban J connectivity index is 1.68. The van der Waals surface area contributed by atoms with Crippen LogP contribution in [-0.4, -0.2) is 33.7 Å². The molecule has 1 aromatic heterocycles. The highest BCUT2D eigenvalue weighted by molar-refractivity contribution is 7.18. The smallest absolute Gasteiger partial charge is 0.345 e. The molecule has 1 aliphatic carbocycles. The van der Waals surface area contributed by atoms with E-state index in [2.05, 4.69) is 4.98 Å². The Bertz CT molecular complexity index is 437. The van der Waals surface area contributed by atoms with E-state index in [0.717, 1.165) is 24.2 Å². The summed E-state index contributed by atoms with van der Waals surface area (Å²) in [6, 6.07) is 0. The summed E-state index contributed by atoms with van der Waals surface area (Å²) >= 11 is 1.06. The largest absolute Gasteiger partial charge is 0.386 e. The van der Waals surface area contributed by atoms with Gasteiger partial charge in [-0.2, -0.15) is 0 Å². The van der Waals surface area contributed by atoms with E-state index in [1.807, 2.05) is 4.90 Å². The predicted molar refractivity (Wildman–Crippen MR) is 58.7 cm³/mol. The lowest BCUT2D eigenvalue weighted by Gasteiger charge is -2.46. The molecule has 3 rings (SSSR count). The fourth-order valence-corrected chi connectivity index (χ4v) is 2.85. The van der Waals surface area contributed by atoms with Gasteiger partial charge < -0.3 is 10.0 Å². The molecule has 2 aliphatic rings. The van der Waals surface area contributed by atoms with Gasteiger partial charge in [-0.3, -0.25) is 10.1 Å². The van der Waals surface area contributed by atoms with Gasteiger partial charge in [0, 0.05) is 0 Å². The van der Waals surface area contributed by atoms with E-state index in [-0.39, 0.29) is 5.00 Å². The van der Waals surface area contributed by atoms with Crippen molar-refractivity contribution in [3.63, 3.8) is 0 Å². The average molecular weight is 241 g/mol. The van der Waals surface area contributed by atoms with Crippen molar-refractivity contribution < 1.29 is 10.0 Å². The minimum absolute atomic E-state index is 0.0526. The highest BCUT2D eigenvalue weighted by Gasteiger charge is 2.52. The number of nitro groups is 1. The van der Waals surface area contributed by atoms with Gasteiger partial charge in [0.2, 0.25) is 0 Å². The second-order valence-electron chi connectivity index (χ2n) is 4.47. The second kappa shape index (κ2) is 3.14. The lowest BCUT2D eigenvalue weighted by Crippen LogP contribution is -2.63. The first-order valence-electron chi connectivity index (χ1n) is 5.16. The third-order valence-corrected chi connectivity index (χ3v) is 4.21. The van der Waals surface area contributed by atoms with Gasteiger partial charge in [-0.15, -0.1) is 0 Å². The molecule has 2 fully saturated rings. The minimum Gasteiger partial charge on any atom is -0.386 e. The van der Waals surface area contributed by atoms with Crippen molar-refractivity contribution in [3.8, 4) is 0 Å². The van der Waals surface area contributed by atoms with Gasteiger partial charge in [0.05, 0.1) is 18.0 Å². The van der Waals surface area contributed by atoms with Crippen LogP contribution in [0.3, 0.4) is 0 Å². The molecule has 7 heteroatoms. The predicted octanol–water partition coefficient (Wildman–Crippen LogP) is 1.01. The molecular formula is C9H11N3O3S. The van der Waals surface area contributed by atoms with Gasteiger partial charge in [0.15, 0.2) is 5.13 Å². The second-order valence-corrected chi connectivity index (χ2v) is 5.46. The van der Waals surface area contributed by atoms with Crippen molar-refractivity contribution >= 4 is 21.5 Å². The van der Waals surface area contributed by atoms with Crippen LogP contribution in [0.15, 0.2) is 6.20 Å². The highest BCUT2D eigenvalue weighted by Crippen LogP contribution is 2.46. The molecule has 0 radical (unpaired) electrons. The number of aromatic nitrogens is 1. The third-order valence-electron chi connectivity index (χ3n) is 3.20. The Morgan fingerprint density at radius 3 is 2.81 bits per heavy atom. The van der Waals surface area contributed by atoms with E-state index in [9.17, 15) is 15.2 Å². The number of anilines is 1. The van der Waals surface area contributed by atoms with Crippen LogP contribution in [0.25, 0.3) is 0 Å². The Kier molecular flexibility index (Phi) is 1.96. The van der Waals surface area contributed by atoms with Crippen LogP contribution in [-0.2, 0) is 0 Å². The van der Waals surface area contributed by atoms with Crippen LogP contribution in [0, 0.1) is 16.0 Å². The maximum atomic E-state index is 10.5. The molecule has 1 N–H and O–H groups in total. The van der Waals surface area contributed by atoms with E-state index in [0.29, 0.717) is 24.1 Å². The van der Waals surface area contributed by atoms with Gasteiger partial charge in [-0.25, -0.2) is 4.98 Å². The Morgan fingerprint density at radius 1 is 1.62 bits per heavy atom. The topological polar surface area (TPSA) is 79.5 Å². The van der Waals surface area contributed by atoms with Crippen LogP contribution in [0.5, 0.6) is 0 Å². The van der Waals surface area contributed by atoms with Gasteiger partial charge in [-0.05, 0) is 30.1 Å². The summed E-state index contributed by atoms with van der Waals surface area (Å²) in [5, 5.41) is 21.3. The van der Waals surface area contributed by atoms with E-state index in [1.165, 1.54) is 6.20 Å². The maximum absolute atomic E-state index is 10.5. The van der Waals surface area contributed by atoms with Crippen LogP contribution in [0.4, 0.5) is 10.1 Å². The van der Waals surface area contributed by atoms with Crippen LogP contribution in [0.2, 0.25) is 0 Å². The first-order chi connectivity index (χ1) is 7.58. The number of rotatable bonds is 3. The molecule has 6 nitrogen and oxygen atoms in total. The van der Waals surface area contributed by atoms with E-state index in [4.69, 9.17) is 0 Å². The van der Waals surface area contributed by atoms with E-state index in [1.54, 1.807) is 0 Å². The summed E-state index contributed by atoms with van der Waals surface area (Å²) < 4.78 is 0. The van der Waals surface area contributed by atoms with E-state index < -0.39 is 10.5 Å². The van der Waals surface area contributed by atoms with Crippen LogP contribution in [0.1, 0.15) is 12.8 Å². The fourth-order valence-electron chi connectivity index (χ4n) is 2.12. The molecule has 1 saturated carbocycles. The van der Waals surface area contributed by atoms with Crippen molar-refractivity contribution in [2.75, 3.05) is 18.0 Å². The summed E-state index contributed by atoms with van der Waals surface area (Å²) in [5.41, 5.74) is -0.569. The summed E-state index contributed by atoms with van der Waals surface area (Å²) in [6.07, 6.45) is 3.47. The van der Waals surface area contributed by atoms with Gasteiger partial charge in [-0.1, -0.05) is 0 Å². The SMILES string of the molecule is O=[N+]([O-])c1cnc(N2CC(O)(C3CC3)C2)s1. The minimum atomic E-state index is -0.569. The molecule has 0 atom stereocenters. The normalized spacial score (nSPS) is 22.9. The zero-order valence-electron chi connectivity index (χ0n) is 8.50. The monoisotopic (exact) mass is 241 g/mol. The van der Waals surface area contributed by atoms with Crippen molar-refractivity contribution in [1.82, 2.24) is 4.98 Å². The van der Waals surface area contributed by atoms with Gasteiger partial charge in [0.1, 0.15) is 11.8 Å². The summed E-state index contributed by atoms with van der Waals surface area (Å²) in [7, 11) is 0. The molecular weight excluding hydrogens is 230 g/mol. The molecule has 0 unspecified atom stereocenters. The molecule has 0 aromatic carbocycles. The highest BCUT2D eigenvalue weighted by atomic mass is 32.1. The number of thiazole rings is 1. The van der Waals surface area contributed by atoms with E-state index >= 15 is 0 Å². The van der Waals surface area contributed by atoms with Crippen molar-refractivity contribution in [2.24, 2.45) is 5.92 Å². The summed E-state index contributed by atoms with van der Waals surface area (Å²) in [5.74, 6) is 0.429. The number of hydrogen-bond donors (Lipinski definition) is 1. The van der Waals surface area contributed by atoms with Crippen LogP contribution < -0.4 is 4.90 Å². The third kappa shape index (κ3) is 1.47. The molecule has 0 amide bonds. The lowest BCUT2D eigenvalue weighted by molar-refractivity contribution is -0.380. The van der Waals surface area contributed by atoms with Gasteiger partial charge >= 0.3 is 5.00 Å². The Labute approximate surface area is 95.7 Å². The first kappa shape index (κ1) is 9.98. The Hall–Kier alpha value is -1.21. The lowest BCUT2D eigenvalue weighted by atomic mass is 9.89. The first-order valence-corrected chi connectivity index (χ1v) is 5.98. The molecule has 2 heterocycles. The molecule has 0 bridgehead atoms. The van der Waals surface area contributed by atoms with Gasteiger partial charge in [0.25, 0.3) is 0 Å². The fraction of sp³-hybridized carbons (Fsp3) is 0.667. The molecule has 0 spiro atoms. The molecule has 1 aliphatic heterocycles. The summed E-state index contributed by atoms with van der Waals surface area (Å²) in [6.45, 7) is 1.12. The molecule has 1 saturated heterocycles. The zero-order chi connectivity index (χ0) is 11.3. The zero-order valence-corrected chi connectivity index (χ0v) is 9.31. The quantitative estimate of drug-likeness (QED) is 0.631. The van der Waals surface area contributed by atoms with Crippen molar-refractivity contribution in [3.05, 3.63) is 16.3 Å². The number of β-amino-alcohol motifs (C(OH)–C–C–N with tert-alkyl or cyclic N) is 1. The molecule has 86 valence electrons. The number of nitrogens with zero attached hydrogens (tertiary/aromatic N) is 3. The Morgan fingerprint density at radius 2 is 2.31 bits per heavy atom. The van der Waals surface area contributed by atoms with Crippen LogP contribution >= 0.6 is 11.3 Å². The number of aliphatic hydroxyl groups is 1. The molecule has 16 heavy (non-hydrogen) atoms. The maximum Gasteiger partial charge on any atom is 0.345 e. The number of hydrogen-bond acceptors (Lipinski definition) is 6. The average Bonchev–Trinajstić information content (AvgIpc) is 2.91. The summed E-state index contributed by atoms with van der Waals surface area (Å²) in [4.78, 5) is 16.0. The van der Waals surface area contributed by atoms with Crippen molar-refractivity contribution in [2.45, 2.75) is 18.4 Å². The molecule has 1 aromatic rings. The standard InChI is InChI=1S/C9H11N3O3S/c13-9(6-1-2-6)4-11(5-9)8-10-3-7(16-8)12(14)15/h3,6,13H,1-2,4-5H2. The van der Waals surface area contributed by atoms with Crippen molar-refractivity contribution in [1.29, 1.82) is 0 Å².